The molecule has 1 atom stereocenters. The molecule has 4 heteroatoms. The molecule has 13 heavy (non-hydrogen) atoms. The van der Waals surface area contributed by atoms with E-state index in [9.17, 15) is 0 Å². The average Bonchev–Trinajstić information content (AvgIpc) is 2.15. The molecule has 0 spiro atoms. The molecule has 0 aliphatic carbocycles. The van der Waals surface area contributed by atoms with Crippen LogP contribution in [0.15, 0.2) is 18.6 Å². The SMILES string of the molecule is CC(C)CC(NN)c1ccncn1. The molecular weight excluding hydrogens is 164 g/mol. The van der Waals surface area contributed by atoms with Crippen LogP contribution in [0.5, 0.6) is 0 Å². The lowest BCUT2D eigenvalue weighted by Crippen LogP contribution is -2.29. The lowest BCUT2D eigenvalue weighted by atomic mass is 10.0. The first kappa shape index (κ1) is 10.1. The topological polar surface area (TPSA) is 63.8 Å². The number of hydrazine groups is 1. The van der Waals surface area contributed by atoms with E-state index >= 15 is 0 Å². The Labute approximate surface area is 78.6 Å². The zero-order chi connectivity index (χ0) is 9.68. The standard InChI is InChI=1S/C9H16N4/c1-7(2)5-9(13-10)8-3-4-11-6-12-8/h3-4,6-7,9,13H,5,10H2,1-2H3. The molecule has 0 fully saturated rings. The van der Waals surface area contributed by atoms with E-state index in [0.29, 0.717) is 5.92 Å². The van der Waals surface area contributed by atoms with Crippen molar-refractivity contribution in [3.63, 3.8) is 0 Å². The Bertz CT molecular complexity index is 235. The van der Waals surface area contributed by atoms with Gasteiger partial charge in [-0.05, 0) is 18.4 Å². The number of hydrogen-bond donors (Lipinski definition) is 2. The first-order chi connectivity index (χ1) is 6.24. The van der Waals surface area contributed by atoms with Gasteiger partial charge in [0.25, 0.3) is 0 Å². The zero-order valence-electron chi connectivity index (χ0n) is 8.07. The monoisotopic (exact) mass is 180 g/mol. The summed E-state index contributed by atoms with van der Waals surface area (Å²) >= 11 is 0. The second kappa shape index (κ2) is 4.89. The molecule has 1 unspecified atom stereocenters. The van der Waals surface area contributed by atoms with Gasteiger partial charge >= 0.3 is 0 Å². The molecule has 1 rings (SSSR count). The zero-order valence-corrected chi connectivity index (χ0v) is 8.07. The summed E-state index contributed by atoms with van der Waals surface area (Å²) in [6.07, 6.45) is 4.25. The van der Waals surface area contributed by atoms with Crippen LogP contribution in [0.3, 0.4) is 0 Å². The normalized spacial score (nSPS) is 13.2. The van der Waals surface area contributed by atoms with E-state index in [2.05, 4.69) is 29.2 Å². The van der Waals surface area contributed by atoms with Gasteiger partial charge in [0, 0.05) is 6.20 Å². The third kappa shape index (κ3) is 3.08. The van der Waals surface area contributed by atoms with Crippen molar-refractivity contribution in [2.24, 2.45) is 11.8 Å². The van der Waals surface area contributed by atoms with Crippen LogP contribution < -0.4 is 11.3 Å². The molecule has 0 amide bonds. The highest BCUT2D eigenvalue weighted by molar-refractivity contribution is 5.04. The minimum absolute atomic E-state index is 0.128. The number of nitrogens with two attached hydrogens (primary N) is 1. The molecule has 0 aromatic carbocycles. The Balaban J connectivity index is 2.67. The maximum atomic E-state index is 5.44. The highest BCUT2D eigenvalue weighted by atomic mass is 15.2. The summed E-state index contributed by atoms with van der Waals surface area (Å²) < 4.78 is 0. The minimum Gasteiger partial charge on any atom is -0.271 e. The van der Waals surface area contributed by atoms with Crippen LogP contribution in [-0.4, -0.2) is 9.97 Å². The molecule has 0 radical (unpaired) electrons. The van der Waals surface area contributed by atoms with Gasteiger partial charge in [-0.3, -0.25) is 11.3 Å². The van der Waals surface area contributed by atoms with Crippen molar-refractivity contribution in [2.75, 3.05) is 0 Å². The fourth-order valence-electron chi connectivity index (χ4n) is 1.25. The number of aromatic nitrogens is 2. The summed E-state index contributed by atoms with van der Waals surface area (Å²) in [5.41, 5.74) is 3.71. The molecule has 1 heterocycles. The van der Waals surface area contributed by atoms with E-state index in [-0.39, 0.29) is 6.04 Å². The van der Waals surface area contributed by atoms with Crippen LogP contribution in [0.1, 0.15) is 32.0 Å². The molecule has 0 saturated carbocycles. The van der Waals surface area contributed by atoms with Gasteiger partial charge in [-0.15, -0.1) is 0 Å². The summed E-state index contributed by atoms with van der Waals surface area (Å²) in [5, 5.41) is 0. The van der Waals surface area contributed by atoms with Crippen LogP contribution in [0.25, 0.3) is 0 Å². The van der Waals surface area contributed by atoms with Gasteiger partial charge in [0.15, 0.2) is 0 Å². The molecule has 0 saturated heterocycles. The first-order valence-corrected chi connectivity index (χ1v) is 4.46. The number of nitrogens with zero attached hydrogens (tertiary/aromatic N) is 2. The van der Waals surface area contributed by atoms with Crippen LogP contribution in [0, 0.1) is 5.92 Å². The van der Waals surface area contributed by atoms with Gasteiger partial charge in [0.05, 0.1) is 11.7 Å². The lowest BCUT2D eigenvalue weighted by molar-refractivity contribution is 0.430. The molecule has 3 N–H and O–H groups in total. The Morgan fingerprint density at radius 1 is 1.54 bits per heavy atom. The van der Waals surface area contributed by atoms with Crippen LogP contribution in [0.4, 0.5) is 0 Å². The van der Waals surface area contributed by atoms with Gasteiger partial charge in [0.2, 0.25) is 0 Å². The summed E-state index contributed by atoms with van der Waals surface area (Å²) in [4.78, 5) is 8.01. The lowest BCUT2D eigenvalue weighted by Gasteiger charge is -2.16. The second-order valence-corrected chi connectivity index (χ2v) is 3.48. The van der Waals surface area contributed by atoms with Crippen LogP contribution >= 0.6 is 0 Å². The Kier molecular flexibility index (Phi) is 3.79. The minimum atomic E-state index is 0.128. The summed E-state index contributed by atoms with van der Waals surface area (Å²) in [6.45, 7) is 4.32. The van der Waals surface area contributed by atoms with Crippen molar-refractivity contribution < 1.29 is 0 Å². The molecular formula is C9H16N4. The largest absolute Gasteiger partial charge is 0.271 e. The highest BCUT2D eigenvalue weighted by Crippen LogP contribution is 2.17. The van der Waals surface area contributed by atoms with E-state index in [1.54, 1.807) is 12.5 Å². The third-order valence-electron chi connectivity index (χ3n) is 1.87. The van der Waals surface area contributed by atoms with Crippen molar-refractivity contribution in [2.45, 2.75) is 26.3 Å². The fourth-order valence-corrected chi connectivity index (χ4v) is 1.25. The van der Waals surface area contributed by atoms with E-state index in [1.165, 1.54) is 0 Å². The smallest absolute Gasteiger partial charge is 0.115 e. The van der Waals surface area contributed by atoms with E-state index in [4.69, 9.17) is 5.84 Å². The van der Waals surface area contributed by atoms with E-state index < -0.39 is 0 Å². The van der Waals surface area contributed by atoms with Crippen molar-refractivity contribution in [1.82, 2.24) is 15.4 Å². The van der Waals surface area contributed by atoms with E-state index in [1.807, 2.05) is 6.07 Å². The van der Waals surface area contributed by atoms with Crippen molar-refractivity contribution >= 4 is 0 Å². The maximum Gasteiger partial charge on any atom is 0.115 e. The average molecular weight is 180 g/mol. The van der Waals surface area contributed by atoms with Crippen molar-refractivity contribution in [1.29, 1.82) is 0 Å². The fraction of sp³-hybridized carbons (Fsp3) is 0.556. The molecule has 72 valence electrons. The van der Waals surface area contributed by atoms with Crippen molar-refractivity contribution in [3.8, 4) is 0 Å². The molecule has 1 aromatic heterocycles. The predicted octanol–water partition coefficient (Wildman–Crippen LogP) is 1.03. The molecule has 1 aromatic rings. The molecule has 0 aliphatic heterocycles. The number of hydrogen-bond acceptors (Lipinski definition) is 4. The third-order valence-corrected chi connectivity index (χ3v) is 1.87. The molecule has 4 nitrogen and oxygen atoms in total. The summed E-state index contributed by atoms with van der Waals surface area (Å²) in [7, 11) is 0. The van der Waals surface area contributed by atoms with Gasteiger partial charge in [0.1, 0.15) is 6.33 Å². The second-order valence-electron chi connectivity index (χ2n) is 3.48. The summed E-state index contributed by atoms with van der Waals surface area (Å²) in [5.74, 6) is 6.04. The van der Waals surface area contributed by atoms with E-state index in [0.717, 1.165) is 12.1 Å². The summed E-state index contributed by atoms with van der Waals surface area (Å²) in [6, 6.07) is 2.01. The van der Waals surface area contributed by atoms with Crippen molar-refractivity contribution in [3.05, 3.63) is 24.3 Å². The molecule has 0 aliphatic rings. The van der Waals surface area contributed by atoms with Crippen LogP contribution in [0.2, 0.25) is 0 Å². The Hall–Kier alpha value is -1.00. The Morgan fingerprint density at radius 2 is 2.31 bits per heavy atom. The number of rotatable bonds is 4. The van der Waals surface area contributed by atoms with Gasteiger partial charge in [-0.2, -0.15) is 0 Å². The predicted molar refractivity (Wildman–Crippen MR) is 51.6 cm³/mol. The maximum absolute atomic E-state index is 5.44. The number of nitrogens with one attached hydrogen (secondary N) is 1. The van der Waals surface area contributed by atoms with Crippen LogP contribution in [-0.2, 0) is 0 Å². The molecule has 0 bridgehead atoms. The quantitative estimate of drug-likeness (QED) is 0.536. The highest BCUT2D eigenvalue weighted by Gasteiger charge is 2.11. The van der Waals surface area contributed by atoms with Gasteiger partial charge in [-0.1, -0.05) is 13.8 Å². The Morgan fingerprint density at radius 3 is 2.77 bits per heavy atom. The van der Waals surface area contributed by atoms with Gasteiger partial charge in [-0.25, -0.2) is 9.97 Å². The van der Waals surface area contributed by atoms with Gasteiger partial charge < -0.3 is 0 Å². The first-order valence-electron chi connectivity index (χ1n) is 4.46.